The number of amides is 1. The maximum Gasteiger partial charge on any atom is 0.413 e. The summed E-state index contributed by atoms with van der Waals surface area (Å²) < 4.78 is 9.85. The highest BCUT2D eigenvalue weighted by molar-refractivity contribution is 5.70. The molecule has 0 radical (unpaired) electrons. The molecule has 1 unspecified atom stereocenters. The Balaban J connectivity index is 1.96. The van der Waals surface area contributed by atoms with Gasteiger partial charge in [-0.05, 0) is 12.1 Å². The Hall–Kier alpha value is -1.71. The van der Waals surface area contributed by atoms with E-state index < -0.39 is 43.3 Å². The van der Waals surface area contributed by atoms with Crippen molar-refractivity contribution in [2.75, 3.05) is 6.61 Å². The van der Waals surface area contributed by atoms with Crippen molar-refractivity contribution >= 4 is 6.09 Å². The van der Waals surface area contributed by atoms with Crippen molar-refractivity contribution in [2.24, 2.45) is 0 Å². The molecule has 1 aromatic carbocycles. The average molecular weight is 299 g/mol. The molecule has 21 heavy (non-hydrogen) atoms. The molecule has 1 aliphatic heterocycles. The molecule has 0 aromatic heterocycles. The van der Waals surface area contributed by atoms with Crippen LogP contribution in [-0.4, -0.2) is 63.8 Å². The number of carbonyl (C=O) groups excluding carboxylic acids is 1. The molecule has 0 bridgehead atoms. The molecule has 0 spiro atoms. The Kier molecular flexibility index (Phi) is 5.10. The van der Waals surface area contributed by atoms with Crippen molar-refractivity contribution < 1.29 is 34.7 Å². The number of hydrogen-bond acceptors (Lipinski definition) is 7. The summed E-state index contributed by atoms with van der Waals surface area (Å²) in [5.74, 6) is 0.282. The van der Waals surface area contributed by atoms with Gasteiger partial charge in [0.15, 0.2) is 6.29 Å². The van der Waals surface area contributed by atoms with Gasteiger partial charge >= 0.3 is 6.09 Å². The first-order valence-corrected chi connectivity index (χ1v) is 6.37. The number of aliphatic hydroxyl groups excluding tert-OH is 4. The molecule has 2 rings (SSSR count). The highest BCUT2D eigenvalue weighted by Crippen LogP contribution is 2.20. The average Bonchev–Trinajstić information content (AvgIpc) is 2.48. The van der Waals surface area contributed by atoms with E-state index in [1.165, 1.54) is 0 Å². The van der Waals surface area contributed by atoms with Crippen LogP contribution in [0.5, 0.6) is 5.75 Å². The van der Waals surface area contributed by atoms with Crippen LogP contribution in [0.1, 0.15) is 0 Å². The SMILES string of the molecule is O=C(N[C@H]1C(O)O[C@H](CO)[C@@H](O)[C@@H]1O)Oc1ccccc1. The predicted octanol–water partition coefficient (Wildman–Crippen LogP) is -1.43. The lowest BCUT2D eigenvalue weighted by Gasteiger charge is -2.39. The summed E-state index contributed by atoms with van der Waals surface area (Å²) in [7, 11) is 0. The van der Waals surface area contributed by atoms with Crippen molar-refractivity contribution in [3.63, 3.8) is 0 Å². The first-order chi connectivity index (χ1) is 10.0. The third kappa shape index (κ3) is 3.69. The maximum absolute atomic E-state index is 11.7. The summed E-state index contributed by atoms with van der Waals surface area (Å²) in [6.45, 7) is -0.573. The van der Waals surface area contributed by atoms with Gasteiger partial charge in [-0.1, -0.05) is 18.2 Å². The summed E-state index contributed by atoms with van der Waals surface area (Å²) in [6, 6.07) is 6.93. The molecule has 1 heterocycles. The van der Waals surface area contributed by atoms with Gasteiger partial charge in [0.1, 0.15) is 30.1 Å². The summed E-state index contributed by atoms with van der Waals surface area (Å²) in [4.78, 5) is 11.7. The van der Waals surface area contributed by atoms with E-state index in [-0.39, 0.29) is 5.75 Å². The van der Waals surface area contributed by atoms with Crippen LogP contribution >= 0.6 is 0 Å². The number of benzene rings is 1. The maximum atomic E-state index is 11.7. The Morgan fingerprint density at radius 3 is 2.48 bits per heavy atom. The second-order valence-corrected chi connectivity index (χ2v) is 4.60. The molecule has 5 atom stereocenters. The van der Waals surface area contributed by atoms with Gasteiger partial charge in [-0.2, -0.15) is 0 Å². The molecule has 1 amide bonds. The molecule has 1 aliphatic rings. The molecule has 1 fully saturated rings. The number of hydrogen-bond donors (Lipinski definition) is 5. The molecule has 8 nitrogen and oxygen atoms in total. The van der Waals surface area contributed by atoms with Gasteiger partial charge in [-0.15, -0.1) is 0 Å². The van der Waals surface area contributed by atoms with Gasteiger partial charge in [0.25, 0.3) is 0 Å². The number of para-hydroxylation sites is 1. The topological polar surface area (TPSA) is 128 Å². The first kappa shape index (κ1) is 15.7. The van der Waals surface area contributed by atoms with Gasteiger partial charge in [0.2, 0.25) is 0 Å². The van der Waals surface area contributed by atoms with Crippen LogP contribution in [0, 0.1) is 0 Å². The molecule has 1 saturated heterocycles. The molecule has 8 heteroatoms. The van der Waals surface area contributed by atoms with E-state index in [9.17, 15) is 20.1 Å². The normalized spacial score (nSPS) is 32.5. The van der Waals surface area contributed by atoms with E-state index in [4.69, 9.17) is 14.6 Å². The summed E-state index contributed by atoms with van der Waals surface area (Å²) in [5.41, 5.74) is 0. The zero-order valence-corrected chi connectivity index (χ0v) is 11.0. The first-order valence-electron chi connectivity index (χ1n) is 6.37. The number of carbonyl (C=O) groups is 1. The molecule has 1 aromatic rings. The zero-order valence-electron chi connectivity index (χ0n) is 11.0. The third-order valence-corrected chi connectivity index (χ3v) is 3.14. The van der Waals surface area contributed by atoms with Crippen LogP contribution in [0.4, 0.5) is 4.79 Å². The van der Waals surface area contributed by atoms with Crippen molar-refractivity contribution in [3.8, 4) is 5.75 Å². The quantitative estimate of drug-likeness (QED) is 0.463. The molecule has 0 aliphatic carbocycles. The van der Waals surface area contributed by atoms with Gasteiger partial charge in [0.05, 0.1) is 6.61 Å². The highest BCUT2D eigenvalue weighted by Gasteiger charge is 2.44. The van der Waals surface area contributed by atoms with Crippen LogP contribution in [0.3, 0.4) is 0 Å². The standard InChI is InChI=1S/C13H17NO7/c15-6-8-10(16)11(17)9(12(18)21-8)14-13(19)20-7-4-2-1-3-5-7/h1-5,8-12,15-18H,6H2,(H,14,19)/t8-,9-,10-,11-,12?/m1/s1. The minimum absolute atomic E-state index is 0.282. The van der Waals surface area contributed by atoms with Crippen LogP contribution in [0.2, 0.25) is 0 Å². The summed E-state index contributed by atoms with van der Waals surface area (Å²) in [5, 5.41) is 40.4. The third-order valence-electron chi connectivity index (χ3n) is 3.14. The Bertz CT molecular complexity index is 469. The van der Waals surface area contributed by atoms with Crippen molar-refractivity contribution in [2.45, 2.75) is 30.6 Å². The fourth-order valence-corrected chi connectivity index (χ4v) is 2.01. The molecule has 0 saturated carbocycles. The second kappa shape index (κ2) is 6.83. The Morgan fingerprint density at radius 2 is 1.86 bits per heavy atom. The van der Waals surface area contributed by atoms with Crippen molar-refractivity contribution in [1.82, 2.24) is 5.32 Å². The number of rotatable bonds is 3. The van der Waals surface area contributed by atoms with Gasteiger partial charge in [-0.3, -0.25) is 0 Å². The Labute approximate surface area is 120 Å². The molecule has 5 N–H and O–H groups in total. The second-order valence-electron chi connectivity index (χ2n) is 4.60. The van der Waals surface area contributed by atoms with Crippen LogP contribution < -0.4 is 10.1 Å². The molecular formula is C13H17NO7. The van der Waals surface area contributed by atoms with E-state index >= 15 is 0 Å². The number of aliphatic hydroxyl groups is 4. The monoisotopic (exact) mass is 299 g/mol. The highest BCUT2D eigenvalue weighted by atomic mass is 16.6. The van der Waals surface area contributed by atoms with Crippen LogP contribution in [-0.2, 0) is 4.74 Å². The van der Waals surface area contributed by atoms with E-state index in [0.29, 0.717) is 0 Å². The lowest BCUT2D eigenvalue weighted by Crippen LogP contribution is -2.64. The Morgan fingerprint density at radius 1 is 1.19 bits per heavy atom. The smallest absolute Gasteiger partial charge is 0.410 e. The largest absolute Gasteiger partial charge is 0.413 e. The molecular weight excluding hydrogens is 282 g/mol. The summed E-state index contributed by atoms with van der Waals surface area (Å²) in [6.07, 6.45) is -6.57. The zero-order chi connectivity index (χ0) is 15.4. The number of nitrogens with one attached hydrogen (secondary N) is 1. The minimum Gasteiger partial charge on any atom is -0.410 e. The van der Waals surface area contributed by atoms with Gasteiger partial charge in [-0.25, -0.2) is 4.79 Å². The fraction of sp³-hybridized carbons (Fsp3) is 0.462. The van der Waals surface area contributed by atoms with E-state index in [0.717, 1.165) is 0 Å². The van der Waals surface area contributed by atoms with E-state index in [2.05, 4.69) is 5.32 Å². The predicted molar refractivity (Wildman–Crippen MR) is 69.4 cm³/mol. The van der Waals surface area contributed by atoms with Crippen molar-refractivity contribution in [1.29, 1.82) is 0 Å². The van der Waals surface area contributed by atoms with Crippen LogP contribution in [0.15, 0.2) is 30.3 Å². The van der Waals surface area contributed by atoms with E-state index in [1.807, 2.05) is 0 Å². The number of ether oxygens (including phenoxy) is 2. The van der Waals surface area contributed by atoms with Crippen LogP contribution in [0.25, 0.3) is 0 Å². The van der Waals surface area contributed by atoms with E-state index in [1.54, 1.807) is 30.3 Å². The van der Waals surface area contributed by atoms with Gasteiger partial charge < -0.3 is 35.2 Å². The fourth-order valence-electron chi connectivity index (χ4n) is 2.01. The van der Waals surface area contributed by atoms with Crippen molar-refractivity contribution in [3.05, 3.63) is 30.3 Å². The van der Waals surface area contributed by atoms with Gasteiger partial charge in [0, 0.05) is 0 Å². The lowest BCUT2D eigenvalue weighted by atomic mass is 9.97. The molecule has 116 valence electrons. The minimum atomic E-state index is -1.58. The summed E-state index contributed by atoms with van der Waals surface area (Å²) >= 11 is 0. The lowest BCUT2D eigenvalue weighted by molar-refractivity contribution is -0.252.